The third-order valence-corrected chi connectivity index (χ3v) is 3.07. The molecule has 0 bridgehead atoms. The lowest BCUT2D eigenvalue weighted by Gasteiger charge is -2.09. The zero-order valence-corrected chi connectivity index (χ0v) is 12.4. The monoisotopic (exact) mass is 285 g/mol. The van der Waals surface area contributed by atoms with E-state index in [-0.39, 0.29) is 11.9 Å². The fourth-order valence-electron chi connectivity index (χ4n) is 1.94. The Labute approximate surface area is 124 Å². The number of nitrogens with one attached hydrogen (secondary N) is 1. The molecule has 1 atom stereocenters. The van der Waals surface area contributed by atoms with E-state index in [1.54, 1.807) is 13.2 Å². The molecular formula is C17H19NO3. The first-order valence-electron chi connectivity index (χ1n) is 6.77. The Morgan fingerprint density at radius 2 is 2.14 bits per heavy atom. The first-order valence-corrected chi connectivity index (χ1v) is 6.77. The number of amides is 1. The number of aryl methyl sites for hydroxylation is 1. The lowest BCUT2D eigenvalue weighted by molar-refractivity contribution is -0.117. The lowest BCUT2D eigenvalue weighted by atomic mass is 10.2. The maximum absolute atomic E-state index is 11.9. The van der Waals surface area contributed by atoms with Gasteiger partial charge in [-0.2, -0.15) is 0 Å². The molecule has 4 nitrogen and oxygen atoms in total. The number of rotatable bonds is 5. The molecule has 0 spiro atoms. The van der Waals surface area contributed by atoms with Crippen molar-refractivity contribution in [1.82, 2.24) is 5.32 Å². The summed E-state index contributed by atoms with van der Waals surface area (Å²) in [6.07, 6.45) is 3.25. The maximum atomic E-state index is 11.9. The van der Waals surface area contributed by atoms with E-state index in [1.165, 1.54) is 6.08 Å². The van der Waals surface area contributed by atoms with Gasteiger partial charge in [0.25, 0.3) is 0 Å². The second-order valence-corrected chi connectivity index (χ2v) is 4.79. The van der Waals surface area contributed by atoms with Crippen LogP contribution in [0.1, 0.15) is 30.0 Å². The first kappa shape index (κ1) is 14.9. The average molecular weight is 285 g/mol. The number of carbonyl (C=O) groups is 1. The van der Waals surface area contributed by atoms with Crippen molar-refractivity contribution in [3.63, 3.8) is 0 Å². The topological polar surface area (TPSA) is 51.5 Å². The van der Waals surface area contributed by atoms with Crippen molar-refractivity contribution in [3.8, 4) is 5.75 Å². The SMILES string of the molecule is COc1cccc(/C=C/C(=O)NC(C)c2ccc(C)o2)c1. The van der Waals surface area contributed by atoms with Crippen LogP contribution in [0.5, 0.6) is 5.75 Å². The minimum Gasteiger partial charge on any atom is -0.497 e. The summed E-state index contributed by atoms with van der Waals surface area (Å²) in [6.45, 7) is 3.76. The van der Waals surface area contributed by atoms with Crippen LogP contribution in [0.3, 0.4) is 0 Å². The van der Waals surface area contributed by atoms with Crippen LogP contribution in [0.25, 0.3) is 6.08 Å². The van der Waals surface area contributed by atoms with E-state index in [1.807, 2.05) is 50.2 Å². The number of carbonyl (C=O) groups excluding carboxylic acids is 1. The molecule has 0 aliphatic rings. The molecule has 2 rings (SSSR count). The summed E-state index contributed by atoms with van der Waals surface area (Å²) in [5.41, 5.74) is 0.908. The molecule has 0 saturated heterocycles. The van der Waals surface area contributed by atoms with Gasteiger partial charge in [-0.25, -0.2) is 0 Å². The number of furan rings is 1. The van der Waals surface area contributed by atoms with Crippen molar-refractivity contribution in [2.24, 2.45) is 0 Å². The Kier molecular flexibility index (Phi) is 4.82. The van der Waals surface area contributed by atoms with E-state index in [2.05, 4.69) is 5.32 Å². The van der Waals surface area contributed by atoms with Crippen LogP contribution in [-0.4, -0.2) is 13.0 Å². The lowest BCUT2D eigenvalue weighted by Crippen LogP contribution is -2.24. The van der Waals surface area contributed by atoms with E-state index in [4.69, 9.17) is 9.15 Å². The van der Waals surface area contributed by atoms with Crippen LogP contribution in [0.15, 0.2) is 46.9 Å². The van der Waals surface area contributed by atoms with E-state index in [0.29, 0.717) is 0 Å². The minimum atomic E-state index is -0.167. The number of hydrogen-bond acceptors (Lipinski definition) is 3. The second-order valence-electron chi connectivity index (χ2n) is 4.79. The molecule has 1 amide bonds. The van der Waals surface area contributed by atoms with E-state index in [0.717, 1.165) is 22.8 Å². The molecule has 1 unspecified atom stereocenters. The molecule has 110 valence electrons. The Balaban J connectivity index is 1.96. The molecule has 1 aromatic carbocycles. The highest BCUT2D eigenvalue weighted by Crippen LogP contribution is 2.16. The van der Waals surface area contributed by atoms with Gasteiger partial charge in [0, 0.05) is 6.08 Å². The largest absolute Gasteiger partial charge is 0.497 e. The Bertz CT molecular complexity index is 643. The summed E-state index contributed by atoms with van der Waals surface area (Å²) >= 11 is 0. The van der Waals surface area contributed by atoms with E-state index >= 15 is 0 Å². The quantitative estimate of drug-likeness (QED) is 0.856. The molecule has 0 aliphatic carbocycles. The molecule has 4 heteroatoms. The molecule has 1 N–H and O–H groups in total. The summed E-state index contributed by atoms with van der Waals surface area (Å²) in [4.78, 5) is 11.9. The number of benzene rings is 1. The van der Waals surface area contributed by atoms with Gasteiger partial charge in [-0.3, -0.25) is 4.79 Å². The molecule has 21 heavy (non-hydrogen) atoms. The van der Waals surface area contributed by atoms with Gasteiger partial charge in [0.05, 0.1) is 13.2 Å². The Morgan fingerprint density at radius 3 is 2.81 bits per heavy atom. The predicted molar refractivity (Wildman–Crippen MR) is 82.0 cm³/mol. The van der Waals surface area contributed by atoms with E-state index < -0.39 is 0 Å². The van der Waals surface area contributed by atoms with Gasteiger partial charge in [-0.1, -0.05) is 12.1 Å². The molecule has 1 heterocycles. The fourth-order valence-corrected chi connectivity index (χ4v) is 1.94. The highest BCUT2D eigenvalue weighted by molar-refractivity contribution is 5.91. The number of ether oxygens (including phenoxy) is 1. The normalized spacial score (nSPS) is 12.3. The van der Waals surface area contributed by atoms with Gasteiger partial charge in [-0.15, -0.1) is 0 Å². The minimum absolute atomic E-state index is 0.166. The predicted octanol–water partition coefficient (Wildman–Crippen LogP) is 3.49. The zero-order chi connectivity index (χ0) is 15.2. The van der Waals surface area contributed by atoms with Gasteiger partial charge in [0.1, 0.15) is 17.3 Å². The molecule has 0 saturated carbocycles. The summed E-state index contributed by atoms with van der Waals surface area (Å²) in [7, 11) is 1.61. The van der Waals surface area contributed by atoms with Gasteiger partial charge >= 0.3 is 0 Å². The van der Waals surface area contributed by atoms with Crippen LogP contribution in [0.4, 0.5) is 0 Å². The first-order chi connectivity index (χ1) is 10.1. The maximum Gasteiger partial charge on any atom is 0.244 e. The Hall–Kier alpha value is -2.49. The van der Waals surface area contributed by atoms with Crippen LogP contribution in [0, 0.1) is 6.92 Å². The zero-order valence-electron chi connectivity index (χ0n) is 12.4. The summed E-state index contributed by atoms with van der Waals surface area (Å²) in [6, 6.07) is 11.1. The molecule has 0 aliphatic heterocycles. The van der Waals surface area contributed by atoms with Crippen molar-refractivity contribution in [1.29, 1.82) is 0 Å². The van der Waals surface area contributed by atoms with Gasteiger partial charge in [0.2, 0.25) is 5.91 Å². The smallest absolute Gasteiger partial charge is 0.244 e. The number of methoxy groups -OCH3 is 1. The van der Waals surface area contributed by atoms with Gasteiger partial charge in [-0.05, 0) is 49.8 Å². The second kappa shape index (κ2) is 6.79. The molecule has 1 aromatic heterocycles. The Morgan fingerprint density at radius 1 is 1.33 bits per heavy atom. The van der Waals surface area contributed by atoms with Crippen LogP contribution in [0.2, 0.25) is 0 Å². The van der Waals surface area contributed by atoms with Crippen molar-refractivity contribution in [3.05, 3.63) is 59.6 Å². The van der Waals surface area contributed by atoms with Gasteiger partial charge < -0.3 is 14.5 Å². The van der Waals surface area contributed by atoms with Gasteiger partial charge in [0.15, 0.2) is 0 Å². The fraction of sp³-hybridized carbons (Fsp3) is 0.235. The highest BCUT2D eigenvalue weighted by Gasteiger charge is 2.10. The van der Waals surface area contributed by atoms with Crippen molar-refractivity contribution in [2.75, 3.05) is 7.11 Å². The van der Waals surface area contributed by atoms with Crippen LogP contribution >= 0.6 is 0 Å². The van der Waals surface area contributed by atoms with Crippen molar-refractivity contribution in [2.45, 2.75) is 19.9 Å². The van der Waals surface area contributed by atoms with E-state index in [9.17, 15) is 4.79 Å². The average Bonchev–Trinajstić information content (AvgIpc) is 2.92. The highest BCUT2D eigenvalue weighted by atomic mass is 16.5. The third-order valence-electron chi connectivity index (χ3n) is 3.07. The summed E-state index contributed by atoms with van der Waals surface area (Å²) in [5, 5.41) is 2.86. The summed E-state index contributed by atoms with van der Waals surface area (Å²) < 4.78 is 10.6. The summed E-state index contributed by atoms with van der Waals surface area (Å²) in [5.74, 6) is 2.17. The molecular weight excluding hydrogens is 266 g/mol. The van der Waals surface area contributed by atoms with Crippen molar-refractivity contribution < 1.29 is 13.9 Å². The van der Waals surface area contributed by atoms with Crippen molar-refractivity contribution >= 4 is 12.0 Å². The van der Waals surface area contributed by atoms with Crippen LogP contribution < -0.4 is 10.1 Å². The molecule has 2 aromatic rings. The van der Waals surface area contributed by atoms with Crippen LogP contribution in [-0.2, 0) is 4.79 Å². The molecule has 0 radical (unpaired) electrons. The number of hydrogen-bond donors (Lipinski definition) is 1. The standard InChI is InChI=1S/C17H19NO3/c1-12-7-9-16(21-12)13(2)18-17(19)10-8-14-5-4-6-15(11-14)20-3/h4-11,13H,1-3H3,(H,18,19)/b10-8+. The molecule has 0 fully saturated rings. The third kappa shape index (κ3) is 4.24.